The zero-order valence-corrected chi connectivity index (χ0v) is 13.2. The van der Waals surface area contributed by atoms with Gasteiger partial charge in [0, 0.05) is 11.3 Å². The number of benzene rings is 1. The van der Waals surface area contributed by atoms with Gasteiger partial charge in [-0.3, -0.25) is 4.90 Å². The number of thioether (sulfide) groups is 1. The molecular weight excluding hydrogens is 274 g/mol. The van der Waals surface area contributed by atoms with Gasteiger partial charge in [-0.2, -0.15) is 11.8 Å². The van der Waals surface area contributed by atoms with Crippen molar-refractivity contribution in [1.29, 1.82) is 0 Å². The molecule has 0 heterocycles. The molecule has 1 rings (SSSR count). The van der Waals surface area contributed by atoms with Crippen LogP contribution in [0.15, 0.2) is 30.3 Å². The Kier molecular flexibility index (Phi) is 5.89. The monoisotopic (exact) mass is 297 g/mol. The second kappa shape index (κ2) is 6.99. The Morgan fingerprint density at radius 2 is 1.85 bits per heavy atom. The summed E-state index contributed by atoms with van der Waals surface area (Å²) in [6.07, 6.45) is 0.127. The quantitative estimate of drug-likeness (QED) is 0.876. The molecule has 0 aliphatic carbocycles. The zero-order chi connectivity index (χ0) is 15.3. The molecule has 0 aliphatic rings. The fourth-order valence-corrected chi connectivity index (χ4v) is 2.80. The largest absolute Gasteiger partial charge is 0.465 e. The van der Waals surface area contributed by atoms with E-state index in [4.69, 9.17) is 0 Å². The molecule has 20 heavy (non-hydrogen) atoms. The average Bonchev–Trinajstić information content (AvgIpc) is 2.35. The molecule has 1 amide bonds. The van der Waals surface area contributed by atoms with Crippen LogP contribution in [0.25, 0.3) is 0 Å². The molecule has 2 N–H and O–H groups in total. The Balaban J connectivity index is 3.25. The van der Waals surface area contributed by atoms with E-state index in [0.717, 1.165) is 5.56 Å². The standard InChI is InChI=1S/C15H23NO3S/c1-15(2,3)16(14(18)19)13(12(17)10-20-4)11-8-6-5-7-9-11/h5-9,12-13,17H,10H2,1-4H3,(H,18,19)/t12-,13+/m1/s1. The van der Waals surface area contributed by atoms with Crippen LogP contribution in [0, 0.1) is 0 Å². The highest BCUT2D eigenvalue weighted by atomic mass is 32.2. The first kappa shape index (κ1) is 16.9. The smallest absolute Gasteiger partial charge is 0.408 e. The van der Waals surface area contributed by atoms with E-state index in [2.05, 4.69) is 0 Å². The fraction of sp³-hybridized carbons (Fsp3) is 0.533. The van der Waals surface area contributed by atoms with E-state index in [1.54, 1.807) is 0 Å². The van der Waals surface area contributed by atoms with E-state index < -0.39 is 23.8 Å². The third-order valence-corrected chi connectivity index (χ3v) is 3.72. The SMILES string of the molecule is CSC[C@@H](O)[C@H](c1ccccc1)N(C(=O)O)C(C)(C)C. The number of aliphatic hydroxyl groups is 1. The summed E-state index contributed by atoms with van der Waals surface area (Å²) in [4.78, 5) is 13.0. The maximum absolute atomic E-state index is 11.7. The summed E-state index contributed by atoms with van der Waals surface area (Å²) in [5.74, 6) is 0.486. The van der Waals surface area contributed by atoms with Gasteiger partial charge in [0.25, 0.3) is 0 Å². The van der Waals surface area contributed by atoms with E-state index in [0.29, 0.717) is 5.75 Å². The first-order valence-electron chi connectivity index (χ1n) is 6.53. The first-order valence-corrected chi connectivity index (χ1v) is 7.92. The lowest BCUT2D eigenvalue weighted by Gasteiger charge is -2.41. The van der Waals surface area contributed by atoms with Crippen LogP contribution in [0.4, 0.5) is 4.79 Å². The van der Waals surface area contributed by atoms with Crippen molar-refractivity contribution in [3.05, 3.63) is 35.9 Å². The maximum atomic E-state index is 11.7. The van der Waals surface area contributed by atoms with Gasteiger partial charge in [-0.1, -0.05) is 30.3 Å². The Morgan fingerprint density at radius 3 is 2.25 bits per heavy atom. The molecule has 112 valence electrons. The topological polar surface area (TPSA) is 60.8 Å². The van der Waals surface area contributed by atoms with Crippen molar-refractivity contribution < 1.29 is 15.0 Å². The molecular formula is C15H23NO3S. The fourth-order valence-electron chi connectivity index (χ4n) is 2.28. The van der Waals surface area contributed by atoms with Crippen molar-refractivity contribution in [1.82, 2.24) is 4.90 Å². The number of nitrogens with zero attached hydrogens (tertiary/aromatic N) is 1. The van der Waals surface area contributed by atoms with Crippen LogP contribution in [0.5, 0.6) is 0 Å². The van der Waals surface area contributed by atoms with Crippen LogP contribution >= 0.6 is 11.8 Å². The molecule has 0 aromatic heterocycles. The molecule has 0 radical (unpaired) electrons. The summed E-state index contributed by atoms with van der Waals surface area (Å²) in [5, 5.41) is 20.0. The summed E-state index contributed by atoms with van der Waals surface area (Å²) in [6, 6.07) is 8.74. The Morgan fingerprint density at radius 1 is 1.30 bits per heavy atom. The van der Waals surface area contributed by atoms with Gasteiger partial charge in [-0.25, -0.2) is 4.79 Å². The van der Waals surface area contributed by atoms with Gasteiger partial charge in [-0.05, 0) is 32.6 Å². The third kappa shape index (κ3) is 4.15. The predicted octanol–water partition coefficient (Wildman–Crippen LogP) is 3.23. The van der Waals surface area contributed by atoms with Crippen LogP contribution in [0.3, 0.4) is 0 Å². The number of carboxylic acid groups (broad SMARTS) is 1. The molecule has 1 aromatic carbocycles. The second-order valence-electron chi connectivity index (χ2n) is 5.70. The summed E-state index contributed by atoms with van der Waals surface area (Å²) in [6.45, 7) is 5.51. The molecule has 0 fully saturated rings. The van der Waals surface area contributed by atoms with Gasteiger partial charge in [-0.15, -0.1) is 0 Å². The third-order valence-electron chi connectivity index (χ3n) is 3.05. The van der Waals surface area contributed by atoms with E-state index >= 15 is 0 Å². The van der Waals surface area contributed by atoms with E-state index in [9.17, 15) is 15.0 Å². The van der Waals surface area contributed by atoms with E-state index in [1.807, 2.05) is 57.4 Å². The molecule has 4 nitrogen and oxygen atoms in total. The van der Waals surface area contributed by atoms with Gasteiger partial charge in [0.1, 0.15) is 0 Å². The lowest BCUT2D eigenvalue weighted by atomic mass is 9.95. The highest BCUT2D eigenvalue weighted by molar-refractivity contribution is 7.98. The highest BCUT2D eigenvalue weighted by Crippen LogP contribution is 2.32. The molecule has 1 aromatic rings. The van der Waals surface area contributed by atoms with Crippen molar-refractivity contribution in [3.63, 3.8) is 0 Å². The minimum atomic E-state index is -1.02. The number of hydrogen-bond acceptors (Lipinski definition) is 3. The van der Waals surface area contributed by atoms with Crippen LogP contribution in [0.1, 0.15) is 32.4 Å². The van der Waals surface area contributed by atoms with Gasteiger partial charge in [0.05, 0.1) is 12.1 Å². The predicted molar refractivity (Wildman–Crippen MR) is 83.2 cm³/mol. The molecule has 5 heteroatoms. The summed E-state index contributed by atoms with van der Waals surface area (Å²) in [7, 11) is 0. The van der Waals surface area contributed by atoms with E-state index in [-0.39, 0.29) is 0 Å². The molecule has 0 spiro atoms. The molecule has 0 saturated carbocycles. The van der Waals surface area contributed by atoms with Crippen molar-refractivity contribution in [2.24, 2.45) is 0 Å². The number of amides is 1. The minimum absolute atomic E-state index is 0.486. The first-order chi connectivity index (χ1) is 9.29. The van der Waals surface area contributed by atoms with Gasteiger partial charge >= 0.3 is 6.09 Å². The van der Waals surface area contributed by atoms with Gasteiger partial charge in [0.15, 0.2) is 0 Å². The molecule has 0 unspecified atom stereocenters. The van der Waals surface area contributed by atoms with Crippen LogP contribution in [-0.2, 0) is 0 Å². The van der Waals surface area contributed by atoms with Gasteiger partial charge < -0.3 is 10.2 Å². The highest BCUT2D eigenvalue weighted by Gasteiger charge is 2.37. The zero-order valence-electron chi connectivity index (χ0n) is 12.4. The maximum Gasteiger partial charge on any atom is 0.408 e. The number of rotatable bonds is 5. The summed E-state index contributed by atoms with van der Waals surface area (Å²) >= 11 is 1.50. The van der Waals surface area contributed by atoms with Crippen molar-refractivity contribution in [2.45, 2.75) is 38.5 Å². The number of aliphatic hydroxyl groups excluding tert-OH is 1. The van der Waals surface area contributed by atoms with Crippen LogP contribution in [-0.4, -0.2) is 44.9 Å². The average molecular weight is 297 g/mol. The van der Waals surface area contributed by atoms with Gasteiger partial charge in [0.2, 0.25) is 0 Å². The number of hydrogen-bond donors (Lipinski definition) is 2. The molecule has 0 bridgehead atoms. The van der Waals surface area contributed by atoms with Crippen LogP contribution < -0.4 is 0 Å². The Labute approximate surface area is 124 Å². The van der Waals surface area contributed by atoms with Crippen molar-refractivity contribution in [2.75, 3.05) is 12.0 Å². The summed E-state index contributed by atoms with van der Waals surface area (Å²) < 4.78 is 0. The lowest BCUT2D eigenvalue weighted by Crippen LogP contribution is -2.51. The molecule has 2 atom stereocenters. The lowest BCUT2D eigenvalue weighted by molar-refractivity contribution is 0.0151. The van der Waals surface area contributed by atoms with E-state index in [1.165, 1.54) is 16.7 Å². The molecule has 0 saturated heterocycles. The van der Waals surface area contributed by atoms with Crippen LogP contribution in [0.2, 0.25) is 0 Å². The summed E-state index contributed by atoms with van der Waals surface area (Å²) in [5.41, 5.74) is 0.220. The second-order valence-corrected chi connectivity index (χ2v) is 6.61. The normalized spacial score (nSPS) is 14.7. The van der Waals surface area contributed by atoms with Crippen molar-refractivity contribution in [3.8, 4) is 0 Å². The Hall–Kier alpha value is -1.20. The number of carbonyl (C=O) groups is 1. The van der Waals surface area contributed by atoms with Crippen molar-refractivity contribution >= 4 is 17.9 Å². The Bertz CT molecular complexity index is 430. The molecule has 0 aliphatic heterocycles. The minimum Gasteiger partial charge on any atom is -0.465 e.